The second kappa shape index (κ2) is 4.82. The van der Waals surface area contributed by atoms with Crippen LogP contribution < -0.4 is 0 Å². The zero-order valence-electron chi connectivity index (χ0n) is 7.88. The van der Waals surface area contributed by atoms with Gasteiger partial charge >= 0.3 is 0 Å². The van der Waals surface area contributed by atoms with Gasteiger partial charge in [0.2, 0.25) is 0 Å². The number of hydrogen-bond acceptors (Lipinski definition) is 4. The lowest BCUT2D eigenvalue weighted by Gasteiger charge is -2.04. The molecule has 1 unspecified atom stereocenters. The number of aliphatic hydroxyl groups is 1. The number of Topliss-reactive ketones (excluding diaryl/α,β-unsaturated/α-hetero) is 1. The van der Waals surface area contributed by atoms with Crippen LogP contribution in [0, 0.1) is 17.2 Å². The molecule has 1 aromatic heterocycles. The average molecular weight is 203 g/mol. The van der Waals surface area contributed by atoms with Crippen LogP contribution in [0.1, 0.15) is 10.4 Å². The van der Waals surface area contributed by atoms with Crippen molar-refractivity contribution in [2.24, 2.45) is 5.92 Å². The molecule has 1 heterocycles. The summed E-state index contributed by atoms with van der Waals surface area (Å²) in [5, 5.41) is 18.1. The van der Waals surface area contributed by atoms with Gasteiger partial charge in [-0.2, -0.15) is 5.26 Å². The van der Waals surface area contributed by atoms with Gasteiger partial charge in [-0.3, -0.25) is 4.79 Å². The van der Waals surface area contributed by atoms with Gasteiger partial charge in [0.25, 0.3) is 0 Å². The summed E-state index contributed by atoms with van der Waals surface area (Å²) in [7, 11) is 0. The van der Waals surface area contributed by atoms with E-state index >= 15 is 0 Å². The van der Waals surface area contributed by atoms with Gasteiger partial charge in [-0.15, -0.1) is 0 Å². The molecule has 0 radical (unpaired) electrons. The number of ketones is 1. The first-order valence-electron chi connectivity index (χ1n) is 4.18. The van der Waals surface area contributed by atoms with Crippen LogP contribution in [-0.4, -0.2) is 10.9 Å². The van der Waals surface area contributed by atoms with Crippen molar-refractivity contribution in [3.05, 3.63) is 48.6 Å². The topological polar surface area (TPSA) is 74.2 Å². The summed E-state index contributed by atoms with van der Waals surface area (Å²) in [4.78, 5) is 11.6. The number of carbonyl (C=O) groups excluding carboxylic acids is 1. The molecule has 76 valence electrons. The highest BCUT2D eigenvalue weighted by atomic mass is 16.3. The first kappa shape index (κ1) is 10.8. The monoisotopic (exact) mass is 203 g/mol. The van der Waals surface area contributed by atoms with E-state index in [-0.39, 0.29) is 11.3 Å². The second-order valence-electron chi connectivity index (χ2n) is 2.77. The van der Waals surface area contributed by atoms with Gasteiger partial charge in [0, 0.05) is 0 Å². The predicted molar refractivity (Wildman–Crippen MR) is 53.1 cm³/mol. The first-order valence-corrected chi connectivity index (χ1v) is 4.18. The quantitative estimate of drug-likeness (QED) is 0.462. The van der Waals surface area contributed by atoms with E-state index in [0.717, 1.165) is 0 Å². The molecule has 1 atom stereocenters. The maximum absolute atomic E-state index is 11.6. The van der Waals surface area contributed by atoms with Crippen molar-refractivity contribution in [2.45, 2.75) is 0 Å². The Balaban J connectivity index is 2.95. The molecule has 15 heavy (non-hydrogen) atoms. The minimum Gasteiger partial charge on any atom is -0.510 e. The number of hydrogen-bond donors (Lipinski definition) is 1. The fraction of sp³-hybridized carbons (Fsp3) is 0.0909. The molecule has 0 aliphatic carbocycles. The number of aliphatic hydroxyl groups excluding tert-OH is 1. The molecule has 1 rings (SSSR count). The van der Waals surface area contributed by atoms with E-state index in [1.807, 2.05) is 0 Å². The molecule has 0 bridgehead atoms. The Kier molecular flexibility index (Phi) is 3.47. The number of carbonyl (C=O) groups is 1. The molecule has 1 N–H and O–H groups in total. The molecule has 0 aliphatic heterocycles. The zero-order valence-corrected chi connectivity index (χ0v) is 7.88. The fourth-order valence-electron chi connectivity index (χ4n) is 1.05. The van der Waals surface area contributed by atoms with Gasteiger partial charge in [0.05, 0.1) is 17.9 Å². The Labute approximate surface area is 86.7 Å². The summed E-state index contributed by atoms with van der Waals surface area (Å²) >= 11 is 0. The molecule has 0 amide bonds. The summed E-state index contributed by atoms with van der Waals surface area (Å²) in [6.45, 7) is 3.36. The van der Waals surface area contributed by atoms with Crippen molar-refractivity contribution in [3.8, 4) is 6.07 Å². The summed E-state index contributed by atoms with van der Waals surface area (Å²) in [5.41, 5.74) is 0.255. The van der Waals surface area contributed by atoms with Gasteiger partial charge in [0.1, 0.15) is 12.0 Å². The lowest BCUT2D eigenvalue weighted by Crippen LogP contribution is -2.14. The van der Waals surface area contributed by atoms with Crippen LogP contribution in [0.5, 0.6) is 0 Å². The maximum Gasteiger partial charge on any atom is 0.190 e. The first-order chi connectivity index (χ1) is 7.20. The molecule has 0 fully saturated rings. The summed E-state index contributed by atoms with van der Waals surface area (Å²) in [5.74, 6) is -2.03. The molecule has 0 saturated carbocycles. The highest BCUT2D eigenvalue weighted by Gasteiger charge is 2.24. The smallest absolute Gasteiger partial charge is 0.190 e. The average Bonchev–Trinajstić information content (AvgIpc) is 2.71. The third-order valence-corrected chi connectivity index (χ3v) is 1.78. The fourth-order valence-corrected chi connectivity index (χ4v) is 1.05. The molecular weight excluding hydrogens is 194 g/mol. The van der Waals surface area contributed by atoms with Crippen molar-refractivity contribution in [3.63, 3.8) is 0 Å². The zero-order chi connectivity index (χ0) is 11.3. The van der Waals surface area contributed by atoms with Gasteiger partial charge in [-0.05, 0) is 12.1 Å². The van der Waals surface area contributed by atoms with Crippen LogP contribution in [0.3, 0.4) is 0 Å². The molecule has 4 heteroatoms. The highest BCUT2D eigenvalue weighted by Crippen LogP contribution is 2.15. The number of rotatable bonds is 4. The van der Waals surface area contributed by atoms with Crippen LogP contribution >= 0.6 is 0 Å². The largest absolute Gasteiger partial charge is 0.510 e. The van der Waals surface area contributed by atoms with Gasteiger partial charge in [-0.25, -0.2) is 0 Å². The van der Waals surface area contributed by atoms with E-state index in [1.54, 1.807) is 6.07 Å². The molecule has 0 aliphatic rings. The number of furan rings is 1. The Morgan fingerprint density at radius 1 is 1.73 bits per heavy atom. The van der Waals surface area contributed by atoms with Crippen LogP contribution in [0.15, 0.2) is 47.5 Å². The standard InChI is InChI=1S/C11H9NO3/c1-2-3-10(13)9(6-12)11(14)8-4-5-15-7-8/h2-5,7,9,13H,1H2. The molecule has 0 spiro atoms. The van der Waals surface area contributed by atoms with E-state index in [1.165, 1.54) is 30.7 Å². The van der Waals surface area contributed by atoms with E-state index < -0.39 is 11.7 Å². The molecule has 0 aromatic carbocycles. The summed E-state index contributed by atoms with van der Waals surface area (Å²) in [6.07, 6.45) is 5.08. The minimum atomic E-state index is -1.21. The Morgan fingerprint density at radius 2 is 2.47 bits per heavy atom. The molecule has 4 nitrogen and oxygen atoms in total. The van der Waals surface area contributed by atoms with Crippen molar-refractivity contribution in [1.29, 1.82) is 5.26 Å². The molecule has 1 aromatic rings. The van der Waals surface area contributed by atoms with Crippen LogP contribution in [-0.2, 0) is 0 Å². The van der Waals surface area contributed by atoms with Gasteiger partial charge < -0.3 is 9.52 Å². The van der Waals surface area contributed by atoms with Crippen LogP contribution in [0.25, 0.3) is 0 Å². The van der Waals surface area contributed by atoms with Crippen molar-refractivity contribution in [1.82, 2.24) is 0 Å². The van der Waals surface area contributed by atoms with E-state index in [0.29, 0.717) is 0 Å². The number of nitrogens with zero attached hydrogens (tertiary/aromatic N) is 1. The van der Waals surface area contributed by atoms with Crippen LogP contribution in [0.2, 0.25) is 0 Å². The minimum absolute atomic E-state index is 0.255. The molecular formula is C11H9NO3. The third kappa shape index (κ3) is 2.35. The number of allylic oxidation sites excluding steroid dienone is 3. The number of nitriles is 1. The lowest BCUT2D eigenvalue weighted by molar-refractivity contribution is 0.0943. The van der Waals surface area contributed by atoms with E-state index in [9.17, 15) is 9.90 Å². The summed E-state index contributed by atoms with van der Waals surface area (Å²) in [6, 6.07) is 3.16. The van der Waals surface area contributed by atoms with Crippen LogP contribution in [0.4, 0.5) is 0 Å². The Bertz CT molecular complexity index is 423. The molecule has 0 saturated heterocycles. The van der Waals surface area contributed by atoms with Crippen molar-refractivity contribution >= 4 is 5.78 Å². The second-order valence-corrected chi connectivity index (χ2v) is 2.77. The third-order valence-electron chi connectivity index (χ3n) is 1.78. The maximum atomic E-state index is 11.6. The van der Waals surface area contributed by atoms with Crippen molar-refractivity contribution < 1.29 is 14.3 Å². The van der Waals surface area contributed by atoms with Gasteiger partial charge in [0.15, 0.2) is 11.7 Å². The SMILES string of the molecule is C=CC=C(O)C(C#N)C(=O)c1ccoc1. The Hall–Kier alpha value is -2.28. The van der Waals surface area contributed by atoms with Gasteiger partial charge in [-0.1, -0.05) is 12.7 Å². The van der Waals surface area contributed by atoms with Crippen molar-refractivity contribution in [2.75, 3.05) is 0 Å². The van der Waals surface area contributed by atoms with E-state index in [2.05, 4.69) is 6.58 Å². The summed E-state index contributed by atoms with van der Waals surface area (Å²) < 4.78 is 4.72. The lowest BCUT2D eigenvalue weighted by atomic mass is 9.99. The normalized spacial score (nSPS) is 12.9. The highest BCUT2D eigenvalue weighted by molar-refractivity contribution is 6.00. The Morgan fingerprint density at radius 3 is 2.93 bits per heavy atom. The predicted octanol–water partition coefficient (Wildman–Crippen LogP) is 2.23. The van der Waals surface area contributed by atoms with E-state index in [4.69, 9.17) is 9.68 Å².